The zero-order valence-electron chi connectivity index (χ0n) is 13.1. The number of amides is 1. The van der Waals surface area contributed by atoms with Crippen LogP contribution in [0.3, 0.4) is 0 Å². The minimum atomic E-state index is -3.61. The fourth-order valence-electron chi connectivity index (χ4n) is 2.33. The maximum Gasteiger partial charge on any atom is 0.241 e. The molecular formula is C15H23N3O3S. The molecular weight excluding hydrogens is 302 g/mol. The number of hydrogen-bond donors (Lipinski definition) is 3. The van der Waals surface area contributed by atoms with Crippen molar-refractivity contribution < 1.29 is 13.2 Å². The first kappa shape index (κ1) is 16.9. The molecule has 1 aliphatic rings. The number of sulfonamides is 1. The molecule has 3 N–H and O–H groups in total. The smallest absolute Gasteiger partial charge is 0.241 e. The summed E-state index contributed by atoms with van der Waals surface area (Å²) in [5.74, 6) is -0.142. The van der Waals surface area contributed by atoms with E-state index in [4.69, 9.17) is 0 Å². The van der Waals surface area contributed by atoms with Crippen molar-refractivity contribution in [2.24, 2.45) is 5.92 Å². The molecule has 0 saturated carbocycles. The minimum absolute atomic E-state index is 0.0621. The molecule has 0 bridgehead atoms. The average molecular weight is 325 g/mol. The Morgan fingerprint density at radius 2 is 2.05 bits per heavy atom. The lowest BCUT2D eigenvalue weighted by Crippen LogP contribution is -2.40. The van der Waals surface area contributed by atoms with Crippen LogP contribution in [-0.4, -0.2) is 33.0 Å². The molecule has 1 aromatic rings. The number of anilines is 1. The van der Waals surface area contributed by atoms with E-state index < -0.39 is 15.6 Å². The highest BCUT2D eigenvalue weighted by molar-refractivity contribution is 7.89. The van der Waals surface area contributed by atoms with Gasteiger partial charge in [-0.05, 0) is 51.9 Å². The predicted molar refractivity (Wildman–Crippen MR) is 86.1 cm³/mol. The van der Waals surface area contributed by atoms with Crippen LogP contribution in [0.4, 0.5) is 5.69 Å². The SMILES string of the molecule is CC(C)(C)NS(=O)(=O)c1cccc(NC(=O)C2CCNC2)c1. The van der Waals surface area contributed by atoms with Gasteiger partial charge in [-0.3, -0.25) is 4.79 Å². The molecule has 1 atom stereocenters. The molecule has 1 fully saturated rings. The van der Waals surface area contributed by atoms with E-state index in [2.05, 4.69) is 15.4 Å². The average Bonchev–Trinajstić information content (AvgIpc) is 2.90. The fourth-order valence-corrected chi connectivity index (χ4v) is 3.79. The molecule has 1 heterocycles. The van der Waals surface area contributed by atoms with Gasteiger partial charge >= 0.3 is 0 Å². The molecule has 122 valence electrons. The van der Waals surface area contributed by atoms with Crippen molar-refractivity contribution in [3.05, 3.63) is 24.3 Å². The summed E-state index contributed by atoms with van der Waals surface area (Å²) in [5, 5.41) is 5.92. The van der Waals surface area contributed by atoms with E-state index in [0.717, 1.165) is 13.0 Å². The van der Waals surface area contributed by atoms with Crippen LogP contribution in [0.5, 0.6) is 0 Å². The summed E-state index contributed by atoms with van der Waals surface area (Å²) in [6, 6.07) is 6.31. The van der Waals surface area contributed by atoms with Crippen LogP contribution >= 0.6 is 0 Å². The van der Waals surface area contributed by atoms with Crippen LogP contribution in [0.1, 0.15) is 27.2 Å². The Kier molecular flexibility index (Phi) is 4.89. The third-order valence-electron chi connectivity index (χ3n) is 3.28. The predicted octanol–water partition coefficient (Wildman–Crippen LogP) is 1.31. The summed E-state index contributed by atoms with van der Waals surface area (Å²) in [6.45, 7) is 6.84. The monoisotopic (exact) mass is 325 g/mol. The van der Waals surface area contributed by atoms with Crippen molar-refractivity contribution in [1.29, 1.82) is 0 Å². The topological polar surface area (TPSA) is 87.3 Å². The normalized spacial score (nSPS) is 19.1. The minimum Gasteiger partial charge on any atom is -0.326 e. The highest BCUT2D eigenvalue weighted by Gasteiger charge is 2.24. The molecule has 0 aromatic heterocycles. The van der Waals surface area contributed by atoms with Crippen molar-refractivity contribution in [3.8, 4) is 0 Å². The van der Waals surface area contributed by atoms with Gasteiger partial charge in [-0.15, -0.1) is 0 Å². The number of carbonyl (C=O) groups is 1. The van der Waals surface area contributed by atoms with Crippen molar-refractivity contribution in [3.63, 3.8) is 0 Å². The molecule has 2 rings (SSSR count). The van der Waals surface area contributed by atoms with Crippen molar-refractivity contribution in [2.75, 3.05) is 18.4 Å². The van der Waals surface area contributed by atoms with Gasteiger partial charge in [-0.1, -0.05) is 6.07 Å². The first-order chi connectivity index (χ1) is 10.2. The van der Waals surface area contributed by atoms with E-state index in [1.807, 2.05) is 0 Å². The molecule has 6 nitrogen and oxygen atoms in total. The standard InChI is InChI=1S/C15H23N3O3S/c1-15(2,3)18-22(20,21)13-6-4-5-12(9-13)17-14(19)11-7-8-16-10-11/h4-6,9,11,16,18H,7-8,10H2,1-3H3,(H,17,19). The van der Waals surface area contributed by atoms with Gasteiger partial charge in [0.05, 0.1) is 10.8 Å². The number of carbonyl (C=O) groups excluding carboxylic acids is 1. The van der Waals surface area contributed by atoms with E-state index in [1.165, 1.54) is 12.1 Å². The van der Waals surface area contributed by atoms with Crippen LogP contribution in [0.25, 0.3) is 0 Å². The van der Waals surface area contributed by atoms with Crippen LogP contribution in [-0.2, 0) is 14.8 Å². The van der Waals surface area contributed by atoms with Crippen LogP contribution in [0.15, 0.2) is 29.2 Å². The number of hydrogen-bond acceptors (Lipinski definition) is 4. The van der Waals surface area contributed by atoms with E-state index in [0.29, 0.717) is 12.2 Å². The first-order valence-electron chi connectivity index (χ1n) is 7.33. The van der Waals surface area contributed by atoms with Gasteiger partial charge in [0.15, 0.2) is 0 Å². The molecule has 22 heavy (non-hydrogen) atoms. The second kappa shape index (κ2) is 6.36. The summed E-state index contributed by atoms with van der Waals surface area (Å²) >= 11 is 0. The molecule has 1 aliphatic heterocycles. The van der Waals surface area contributed by atoms with Crippen molar-refractivity contribution >= 4 is 21.6 Å². The Labute approximate surface area is 131 Å². The lowest BCUT2D eigenvalue weighted by atomic mass is 10.1. The van der Waals surface area contributed by atoms with Gasteiger partial charge in [-0.2, -0.15) is 0 Å². The maximum absolute atomic E-state index is 12.3. The Morgan fingerprint density at radius 1 is 1.32 bits per heavy atom. The third-order valence-corrected chi connectivity index (χ3v) is 5.04. The van der Waals surface area contributed by atoms with Crippen molar-refractivity contribution in [2.45, 2.75) is 37.6 Å². The van der Waals surface area contributed by atoms with Crippen molar-refractivity contribution in [1.82, 2.24) is 10.0 Å². The Balaban J connectivity index is 2.14. The summed E-state index contributed by atoms with van der Waals surface area (Å²) in [4.78, 5) is 12.2. The summed E-state index contributed by atoms with van der Waals surface area (Å²) < 4.78 is 27.2. The summed E-state index contributed by atoms with van der Waals surface area (Å²) in [5.41, 5.74) is -0.0677. The van der Waals surface area contributed by atoms with Gasteiger partial charge in [0, 0.05) is 17.8 Å². The molecule has 1 saturated heterocycles. The lowest BCUT2D eigenvalue weighted by Gasteiger charge is -2.20. The maximum atomic E-state index is 12.3. The van der Waals surface area contributed by atoms with Gasteiger partial charge in [0.25, 0.3) is 0 Å². The number of rotatable bonds is 4. The molecule has 1 aromatic carbocycles. The zero-order valence-corrected chi connectivity index (χ0v) is 14.0. The summed E-state index contributed by atoms with van der Waals surface area (Å²) in [7, 11) is -3.61. The first-order valence-corrected chi connectivity index (χ1v) is 8.81. The van der Waals surface area contributed by atoms with E-state index >= 15 is 0 Å². The molecule has 1 unspecified atom stereocenters. The third kappa shape index (κ3) is 4.53. The van der Waals surface area contributed by atoms with Crippen LogP contribution in [0.2, 0.25) is 0 Å². The number of nitrogens with one attached hydrogen (secondary N) is 3. The highest BCUT2D eigenvalue weighted by Crippen LogP contribution is 2.19. The molecule has 0 aliphatic carbocycles. The highest BCUT2D eigenvalue weighted by atomic mass is 32.2. The van der Waals surface area contributed by atoms with E-state index in [9.17, 15) is 13.2 Å². The van der Waals surface area contributed by atoms with Gasteiger partial charge in [0.1, 0.15) is 0 Å². The van der Waals surface area contributed by atoms with E-state index in [-0.39, 0.29) is 16.7 Å². The molecule has 7 heteroatoms. The fraction of sp³-hybridized carbons (Fsp3) is 0.533. The summed E-state index contributed by atoms with van der Waals surface area (Å²) in [6.07, 6.45) is 0.801. The molecule has 0 radical (unpaired) electrons. The molecule has 1 amide bonds. The van der Waals surface area contributed by atoms with Crippen LogP contribution in [0, 0.1) is 5.92 Å². The van der Waals surface area contributed by atoms with E-state index in [1.54, 1.807) is 32.9 Å². The van der Waals surface area contributed by atoms with Gasteiger partial charge in [-0.25, -0.2) is 13.1 Å². The quantitative estimate of drug-likeness (QED) is 0.779. The van der Waals surface area contributed by atoms with Gasteiger partial charge in [0.2, 0.25) is 15.9 Å². The second-order valence-corrected chi connectivity index (χ2v) is 8.24. The Morgan fingerprint density at radius 3 is 2.64 bits per heavy atom. The largest absolute Gasteiger partial charge is 0.326 e. The zero-order chi connectivity index (χ0) is 16.4. The Hall–Kier alpha value is -1.44. The number of benzene rings is 1. The lowest BCUT2D eigenvalue weighted by molar-refractivity contribution is -0.119. The van der Waals surface area contributed by atoms with Crippen LogP contribution < -0.4 is 15.4 Å². The second-order valence-electron chi connectivity index (χ2n) is 6.56. The van der Waals surface area contributed by atoms with Gasteiger partial charge < -0.3 is 10.6 Å². The Bertz CT molecular complexity index is 644. The molecule has 0 spiro atoms.